The predicted molar refractivity (Wildman–Crippen MR) is 72.0 cm³/mol. The first-order chi connectivity index (χ1) is 8.88. The van der Waals surface area contributed by atoms with Gasteiger partial charge in [0.25, 0.3) is 0 Å². The summed E-state index contributed by atoms with van der Waals surface area (Å²) in [6, 6.07) is 3.75. The zero-order valence-electron chi connectivity index (χ0n) is 11.7. The van der Waals surface area contributed by atoms with Crippen molar-refractivity contribution < 1.29 is 20.1 Å². The third-order valence-corrected chi connectivity index (χ3v) is 3.74. The first-order valence-electron chi connectivity index (χ1n) is 6.71. The predicted octanol–water partition coefficient (Wildman–Crippen LogP) is 1.70. The van der Waals surface area contributed by atoms with E-state index in [0.717, 1.165) is 5.56 Å². The van der Waals surface area contributed by atoms with E-state index in [1.807, 2.05) is 19.1 Å². The van der Waals surface area contributed by atoms with Gasteiger partial charge in [-0.15, -0.1) is 0 Å². The second-order valence-corrected chi connectivity index (χ2v) is 5.67. The van der Waals surface area contributed by atoms with Crippen molar-refractivity contribution in [2.45, 2.75) is 58.0 Å². The quantitative estimate of drug-likeness (QED) is 0.775. The molecule has 0 radical (unpaired) electrons. The molecule has 1 aliphatic rings. The van der Waals surface area contributed by atoms with Crippen LogP contribution in [0.1, 0.15) is 50.0 Å². The second kappa shape index (κ2) is 5.12. The standard InChI is InChI=1S/C15H22O4/c1-4-12(17)10-6-5-9-7-13(15(2,3)18)19-14(9)11(10)8-16/h5-6,12-13,16-18H,4,7-8H2,1-3H3/t12-,13+/m0/s1. The third-order valence-electron chi connectivity index (χ3n) is 3.74. The van der Waals surface area contributed by atoms with Crippen molar-refractivity contribution >= 4 is 0 Å². The van der Waals surface area contributed by atoms with Gasteiger partial charge in [-0.25, -0.2) is 0 Å². The van der Waals surface area contributed by atoms with E-state index >= 15 is 0 Å². The lowest BCUT2D eigenvalue weighted by atomic mass is 9.94. The van der Waals surface area contributed by atoms with Gasteiger partial charge in [0.1, 0.15) is 11.9 Å². The summed E-state index contributed by atoms with van der Waals surface area (Å²) >= 11 is 0. The largest absolute Gasteiger partial charge is 0.486 e. The van der Waals surface area contributed by atoms with Gasteiger partial charge in [-0.2, -0.15) is 0 Å². The third kappa shape index (κ3) is 2.61. The molecule has 0 unspecified atom stereocenters. The van der Waals surface area contributed by atoms with E-state index in [1.165, 1.54) is 0 Å². The number of ether oxygens (including phenoxy) is 1. The van der Waals surface area contributed by atoms with Crippen LogP contribution in [0.15, 0.2) is 12.1 Å². The molecule has 1 aromatic rings. The zero-order valence-corrected chi connectivity index (χ0v) is 11.7. The smallest absolute Gasteiger partial charge is 0.131 e. The van der Waals surface area contributed by atoms with Crippen LogP contribution in [-0.4, -0.2) is 27.0 Å². The van der Waals surface area contributed by atoms with Crippen LogP contribution in [0.5, 0.6) is 5.75 Å². The van der Waals surface area contributed by atoms with Crippen molar-refractivity contribution in [1.82, 2.24) is 0 Å². The molecule has 19 heavy (non-hydrogen) atoms. The number of hydrogen-bond acceptors (Lipinski definition) is 4. The van der Waals surface area contributed by atoms with Crippen LogP contribution >= 0.6 is 0 Å². The molecule has 2 rings (SSSR count). The maximum Gasteiger partial charge on any atom is 0.131 e. The summed E-state index contributed by atoms with van der Waals surface area (Å²) < 4.78 is 5.81. The highest BCUT2D eigenvalue weighted by molar-refractivity contribution is 5.50. The lowest BCUT2D eigenvalue weighted by Gasteiger charge is -2.25. The Kier molecular flexibility index (Phi) is 3.85. The average molecular weight is 266 g/mol. The highest BCUT2D eigenvalue weighted by Gasteiger charge is 2.36. The van der Waals surface area contributed by atoms with Crippen LogP contribution in [0.4, 0.5) is 0 Å². The van der Waals surface area contributed by atoms with Gasteiger partial charge in [0.2, 0.25) is 0 Å². The van der Waals surface area contributed by atoms with Crippen molar-refractivity contribution in [3.05, 3.63) is 28.8 Å². The molecule has 0 aromatic heterocycles. The number of rotatable bonds is 4. The molecule has 0 bridgehead atoms. The number of aliphatic hydroxyl groups excluding tert-OH is 2. The van der Waals surface area contributed by atoms with Crippen molar-refractivity contribution in [1.29, 1.82) is 0 Å². The molecular formula is C15H22O4. The minimum atomic E-state index is -0.935. The molecule has 0 aliphatic carbocycles. The summed E-state index contributed by atoms with van der Waals surface area (Å²) in [5, 5.41) is 29.6. The fourth-order valence-corrected chi connectivity index (χ4v) is 2.47. The minimum absolute atomic E-state index is 0.172. The van der Waals surface area contributed by atoms with E-state index in [9.17, 15) is 15.3 Å². The van der Waals surface area contributed by atoms with Crippen LogP contribution in [0.3, 0.4) is 0 Å². The topological polar surface area (TPSA) is 69.9 Å². The molecule has 0 fully saturated rings. The van der Waals surface area contributed by atoms with Gasteiger partial charge in [-0.1, -0.05) is 19.1 Å². The maximum atomic E-state index is 10.0. The Morgan fingerprint density at radius 1 is 1.42 bits per heavy atom. The molecule has 1 aliphatic heterocycles. The Bertz CT molecular complexity index is 462. The van der Waals surface area contributed by atoms with Crippen molar-refractivity contribution in [2.75, 3.05) is 0 Å². The fourth-order valence-electron chi connectivity index (χ4n) is 2.47. The van der Waals surface area contributed by atoms with Crippen LogP contribution in [-0.2, 0) is 13.0 Å². The molecule has 0 saturated heterocycles. The lowest BCUT2D eigenvalue weighted by Crippen LogP contribution is -2.39. The van der Waals surface area contributed by atoms with E-state index in [2.05, 4.69) is 0 Å². The Hall–Kier alpha value is -1.10. The summed E-state index contributed by atoms with van der Waals surface area (Å²) in [4.78, 5) is 0. The first kappa shape index (κ1) is 14.3. The van der Waals surface area contributed by atoms with Gasteiger partial charge in [-0.3, -0.25) is 0 Å². The Morgan fingerprint density at radius 3 is 2.63 bits per heavy atom. The molecule has 106 valence electrons. The number of aliphatic hydroxyl groups is 3. The van der Waals surface area contributed by atoms with E-state index in [-0.39, 0.29) is 12.7 Å². The molecule has 0 spiro atoms. The zero-order chi connectivity index (χ0) is 14.2. The Morgan fingerprint density at radius 2 is 2.11 bits per heavy atom. The molecule has 4 nitrogen and oxygen atoms in total. The molecule has 0 saturated carbocycles. The molecule has 1 heterocycles. The van der Waals surface area contributed by atoms with Gasteiger partial charge in [-0.05, 0) is 31.4 Å². The maximum absolute atomic E-state index is 10.0. The van der Waals surface area contributed by atoms with Gasteiger partial charge in [0.05, 0.1) is 18.3 Å². The van der Waals surface area contributed by atoms with Crippen LogP contribution in [0.25, 0.3) is 0 Å². The summed E-state index contributed by atoms with van der Waals surface area (Å²) in [6.45, 7) is 5.14. The van der Waals surface area contributed by atoms with Gasteiger partial charge in [0.15, 0.2) is 0 Å². The highest BCUT2D eigenvalue weighted by Crippen LogP contribution is 2.39. The first-order valence-corrected chi connectivity index (χ1v) is 6.71. The molecule has 4 heteroatoms. The minimum Gasteiger partial charge on any atom is -0.486 e. The van der Waals surface area contributed by atoms with Crippen molar-refractivity contribution in [3.8, 4) is 5.75 Å². The van der Waals surface area contributed by atoms with Gasteiger partial charge in [0, 0.05) is 12.0 Å². The number of hydrogen-bond donors (Lipinski definition) is 3. The van der Waals surface area contributed by atoms with E-state index in [1.54, 1.807) is 13.8 Å². The summed E-state index contributed by atoms with van der Waals surface area (Å²) in [6.07, 6.45) is 0.286. The normalized spacial score (nSPS) is 20.0. The van der Waals surface area contributed by atoms with Crippen LogP contribution in [0, 0.1) is 0 Å². The highest BCUT2D eigenvalue weighted by atomic mass is 16.5. The van der Waals surface area contributed by atoms with E-state index in [0.29, 0.717) is 29.7 Å². The number of benzene rings is 1. The van der Waals surface area contributed by atoms with E-state index in [4.69, 9.17) is 4.74 Å². The van der Waals surface area contributed by atoms with Crippen molar-refractivity contribution in [3.63, 3.8) is 0 Å². The Labute approximate surface area is 113 Å². The molecule has 0 amide bonds. The average Bonchev–Trinajstić information content (AvgIpc) is 2.80. The van der Waals surface area contributed by atoms with Crippen molar-refractivity contribution in [2.24, 2.45) is 0 Å². The van der Waals surface area contributed by atoms with E-state index < -0.39 is 11.7 Å². The monoisotopic (exact) mass is 266 g/mol. The summed E-state index contributed by atoms with van der Waals surface area (Å²) in [7, 11) is 0. The SMILES string of the molecule is CC[C@H](O)c1ccc2c(c1CO)O[C@@H](C(C)(C)O)C2. The van der Waals surface area contributed by atoms with Gasteiger partial charge < -0.3 is 20.1 Å². The van der Waals surface area contributed by atoms with Gasteiger partial charge >= 0.3 is 0 Å². The fraction of sp³-hybridized carbons (Fsp3) is 0.600. The molecule has 3 N–H and O–H groups in total. The molecular weight excluding hydrogens is 244 g/mol. The molecule has 1 aromatic carbocycles. The lowest BCUT2D eigenvalue weighted by molar-refractivity contribution is -0.0235. The second-order valence-electron chi connectivity index (χ2n) is 5.67. The summed E-state index contributed by atoms with van der Waals surface area (Å²) in [5.74, 6) is 0.625. The van der Waals surface area contributed by atoms with Crippen LogP contribution in [0.2, 0.25) is 0 Å². The molecule has 2 atom stereocenters. The number of fused-ring (bicyclic) bond motifs is 1. The van der Waals surface area contributed by atoms with Crippen LogP contribution < -0.4 is 4.74 Å². The Balaban J connectivity index is 2.40. The summed E-state index contributed by atoms with van der Waals surface area (Å²) in [5.41, 5.74) is 1.39.